The summed E-state index contributed by atoms with van der Waals surface area (Å²) in [5.41, 5.74) is 1.65. The van der Waals surface area contributed by atoms with Crippen LogP contribution in [0.4, 0.5) is 10.1 Å². The van der Waals surface area contributed by atoms with E-state index in [1.807, 2.05) is 11.8 Å². The third-order valence-electron chi connectivity index (χ3n) is 6.09. The molecule has 0 radical (unpaired) electrons. The lowest BCUT2D eigenvalue weighted by Gasteiger charge is -2.32. The van der Waals surface area contributed by atoms with Crippen molar-refractivity contribution in [2.75, 3.05) is 64.1 Å². The first kappa shape index (κ1) is 24.6. The van der Waals surface area contributed by atoms with Crippen molar-refractivity contribution in [3.8, 4) is 0 Å². The fourth-order valence-corrected chi connectivity index (χ4v) is 5.65. The van der Waals surface area contributed by atoms with Crippen LogP contribution in [0, 0.1) is 5.82 Å². The Morgan fingerprint density at radius 1 is 1.00 bits per heavy atom. The number of morpholine rings is 2. The fraction of sp³-hybridized carbons (Fsp3) is 0.458. The van der Waals surface area contributed by atoms with Crippen molar-refractivity contribution in [2.24, 2.45) is 0 Å². The molecule has 8 nitrogen and oxygen atoms in total. The molecule has 0 spiro atoms. The Balaban J connectivity index is 1.70. The smallest absolute Gasteiger partial charge is 0.256 e. The van der Waals surface area contributed by atoms with Gasteiger partial charge in [0.25, 0.3) is 5.91 Å². The van der Waals surface area contributed by atoms with Crippen molar-refractivity contribution in [2.45, 2.75) is 18.4 Å². The molecular formula is C24H30FN3O5S. The summed E-state index contributed by atoms with van der Waals surface area (Å²) in [7, 11) is -3.77. The van der Waals surface area contributed by atoms with Crippen LogP contribution in [-0.2, 0) is 26.0 Å². The third-order valence-corrected chi connectivity index (χ3v) is 7.98. The lowest BCUT2D eigenvalue weighted by atomic mass is 10.1. The lowest BCUT2D eigenvalue weighted by molar-refractivity contribution is 0.0729. The molecule has 184 valence electrons. The average Bonchev–Trinajstić information content (AvgIpc) is 2.87. The first-order valence-corrected chi connectivity index (χ1v) is 12.9. The quantitative estimate of drug-likeness (QED) is 0.592. The fourth-order valence-electron chi connectivity index (χ4n) is 4.22. The van der Waals surface area contributed by atoms with E-state index >= 15 is 0 Å². The van der Waals surface area contributed by atoms with Gasteiger partial charge < -0.3 is 19.3 Å². The van der Waals surface area contributed by atoms with Gasteiger partial charge in [-0.25, -0.2) is 12.8 Å². The maximum Gasteiger partial charge on any atom is 0.256 e. The highest BCUT2D eigenvalue weighted by Gasteiger charge is 2.30. The molecule has 0 aromatic heterocycles. The monoisotopic (exact) mass is 491 g/mol. The number of carbonyl (C=O) groups is 1. The van der Waals surface area contributed by atoms with Crippen molar-refractivity contribution in [1.82, 2.24) is 9.21 Å². The molecule has 4 rings (SSSR count). The van der Waals surface area contributed by atoms with Crippen LogP contribution in [0.5, 0.6) is 0 Å². The van der Waals surface area contributed by atoms with E-state index < -0.39 is 10.0 Å². The predicted molar refractivity (Wildman–Crippen MR) is 126 cm³/mol. The highest BCUT2D eigenvalue weighted by Crippen LogP contribution is 2.29. The second-order valence-electron chi connectivity index (χ2n) is 8.24. The molecule has 2 aromatic carbocycles. The number of nitrogens with zero attached hydrogens (tertiary/aromatic N) is 3. The van der Waals surface area contributed by atoms with Gasteiger partial charge in [0, 0.05) is 45.0 Å². The first-order valence-electron chi connectivity index (χ1n) is 11.5. The molecule has 2 aliphatic heterocycles. The Morgan fingerprint density at radius 2 is 1.68 bits per heavy atom. The molecule has 2 fully saturated rings. The largest absolute Gasteiger partial charge is 0.379 e. The van der Waals surface area contributed by atoms with E-state index in [0.717, 1.165) is 0 Å². The minimum Gasteiger partial charge on any atom is -0.379 e. The topological polar surface area (TPSA) is 79.4 Å². The zero-order valence-electron chi connectivity index (χ0n) is 19.3. The minimum absolute atomic E-state index is 0.0802. The second kappa shape index (κ2) is 10.8. The van der Waals surface area contributed by atoms with Crippen LogP contribution < -0.4 is 4.90 Å². The number of amides is 1. The number of ether oxygens (including phenoxy) is 2. The number of anilines is 1. The molecule has 34 heavy (non-hydrogen) atoms. The molecular weight excluding hydrogens is 461 g/mol. The molecule has 2 aliphatic rings. The summed E-state index contributed by atoms with van der Waals surface area (Å²) < 4.78 is 52.4. The van der Waals surface area contributed by atoms with Gasteiger partial charge in [0.05, 0.1) is 36.9 Å². The normalized spacial score (nSPS) is 17.5. The number of rotatable bonds is 7. The van der Waals surface area contributed by atoms with Gasteiger partial charge in [-0.1, -0.05) is 12.1 Å². The van der Waals surface area contributed by atoms with Crippen LogP contribution in [0.15, 0.2) is 47.4 Å². The Labute approximate surface area is 199 Å². The van der Waals surface area contributed by atoms with Crippen LogP contribution in [0.2, 0.25) is 0 Å². The van der Waals surface area contributed by atoms with Crippen molar-refractivity contribution in [3.63, 3.8) is 0 Å². The standard InChI is InChI=1S/C24H30FN3O5S/c1-2-26(18-19-4-3-5-20(25)16-19)24(29)22-17-21(34(30,31)28-10-14-33-15-11-28)6-7-23(22)27-8-12-32-13-9-27/h3-7,16-17H,2,8-15,18H2,1H3. The van der Waals surface area contributed by atoms with Gasteiger partial charge in [0.1, 0.15) is 5.82 Å². The minimum atomic E-state index is -3.77. The molecule has 2 heterocycles. The van der Waals surface area contributed by atoms with E-state index in [1.165, 1.54) is 22.5 Å². The zero-order valence-corrected chi connectivity index (χ0v) is 20.1. The molecule has 0 aliphatic carbocycles. The van der Waals surface area contributed by atoms with E-state index in [1.54, 1.807) is 29.2 Å². The van der Waals surface area contributed by atoms with Crippen molar-refractivity contribution in [3.05, 3.63) is 59.4 Å². The average molecular weight is 492 g/mol. The predicted octanol–water partition coefficient (Wildman–Crippen LogP) is 2.35. The second-order valence-corrected chi connectivity index (χ2v) is 10.2. The van der Waals surface area contributed by atoms with Crippen molar-refractivity contribution in [1.29, 1.82) is 0 Å². The van der Waals surface area contributed by atoms with Crippen LogP contribution in [0.3, 0.4) is 0 Å². The van der Waals surface area contributed by atoms with Crippen LogP contribution in [0.25, 0.3) is 0 Å². The Morgan fingerprint density at radius 3 is 2.32 bits per heavy atom. The van der Waals surface area contributed by atoms with E-state index in [4.69, 9.17) is 9.47 Å². The highest BCUT2D eigenvalue weighted by molar-refractivity contribution is 7.89. The number of benzene rings is 2. The van der Waals surface area contributed by atoms with Gasteiger partial charge in [-0.15, -0.1) is 0 Å². The summed E-state index contributed by atoms with van der Waals surface area (Å²) in [6.07, 6.45) is 0. The van der Waals surface area contributed by atoms with Gasteiger partial charge in [0.2, 0.25) is 10.0 Å². The molecule has 0 saturated carbocycles. The molecule has 2 aromatic rings. The maximum absolute atomic E-state index is 13.7. The molecule has 0 atom stereocenters. The van der Waals surface area contributed by atoms with Crippen LogP contribution in [0.1, 0.15) is 22.8 Å². The van der Waals surface area contributed by atoms with Crippen LogP contribution in [-0.4, -0.2) is 82.7 Å². The van der Waals surface area contributed by atoms with Gasteiger partial charge in [-0.05, 0) is 42.8 Å². The maximum atomic E-state index is 13.7. The number of hydrogen-bond acceptors (Lipinski definition) is 6. The Bertz CT molecular complexity index is 1120. The summed E-state index contributed by atoms with van der Waals surface area (Å²) in [6.45, 7) is 5.95. The summed E-state index contributed by atoms with van der Waals surface area (Å²) in [5, 5.41) is 0. The molecule has 10 heteroatoms. The summed E-state index contributed by atoms with van der Waals surface area (Å²) in [6, 6.07) is 10.9. The number of sulfonamides is 1. The van der Waals surface area contributed by atoms with Crippen molar-refractivity contribution >= 4 is 21.6 Å². The van der Waals surface area contributed by atoms with Crippen molar-refractivity contribution < 1.29 is 27.1 Å². The molecule has 2 saturated heterocycles. The molecule has 0 unspecified atom stereocenters. The third kappa shape index (κ3) is 5.41. The van der Waals surface area contributed by atoms with Gasteiger partial charge in [-0.3, -0.25) is 4.79 Å². The van der Waals surface area contributed by atoms with E-state index in [-0.39, 0.29) is 36.3 Å². The number of hydrogen-bond donors (Lipinski definition) is 0. The first-order chi connectivity index (χ1) is 16.4. The number of carbonyl (C=O) groups excluding carboxylic acids is 1. The van der Waals surface area contributed by atoms with Gasteiger partial charge >= 0.3 is 0 Å². The van der Waals surface area contributed by atoms with E-state index in [9.17, 15) is 17.6 Å². The van der Waals surface area contributed by atoms with Gasteiger partial charge in [-0.2, -0.15) is 4.31 Å². The van der Waals surface area contributed by atoms with E-state index in [2.05, 4.69) is 0 Å². The van der Waals surface area contributed by atoms with E-state index in [0.29, 0.717) is 62.9 Å². The summed E-state index contributed by atoms with van der Waals surface area (Å²) in [4.78, 5) is 17.4. The molecule has 0 N–H and O–H groups in total. The SMILES string of the molecule is CCN(Cc1cccc(F)c1)C(=O)c1cc(S(=O)(=O)N2CCOCC2)ccc1N1CCOCC1. The highest BCUT2D eigenvalue weighted by atomic mass is 32.2. The summed E-state index contributed by atoms with van der Waals surface area (Å²) in [5.74, 6) is -0.666. The Kier molecular flexibility index (Phi) is 7.82. The Hall–Kier alpha value is -2.53. The molecule has 1 amide bonds. The lowest BCUT2D eigenvalue weighted by Crippen LogP contribution is -2.41. The van der Waals surface area contributed by atoms with Gasteiger partial charge in [0.15, 0.2) is 0 Å². The summed E-state index contributed by atoms with van der Waals surface area (Å²) >= 11 is 0. The molecule has 0 bridgehead atoms. The zero-order chi connectivity index (χ0) is 24.1. The number of halogens is 1. The van der Waals surface area contributed by atoms with Crippen LogP contribution >= 0.6 is 0 Å².